The maximum absolute atomic E-state index is 8.97. The van der Waals surface area contributed by atoms with E-state index in [9.17, 15) is 0 Å². The average molecular weight is 274 g/mol. The van der Waals surface area contributed by atoms with Gasteiger partial charge in [0, 0.05) is 6.20 Å². The van der Waals surface area contributed by atoms with E-state index in [1.54, 1.807) is 10.6 Å². The molecule has 21 heavy (non-hydrogen) atoms. The van der Waals surface area contributed by atoms with Crippen molar-refractivity contribution in [3.8, 4) is 18.0 Å². The average Bonchev–Trinajstić information content (AvgIpc) is 2.85. The van der Waals surface area contributed by atoms with Crippen LogP contribution in [0.25, 0.3) is 16.9 Å². The summed E-state index contributed by atoms with van der Waals surface area (Å²) in [5.74, 6) is 1.05. The van der Waals surface area contributed by atoms with E-state index in [1.807, 2.05) is 30.3 Å². The number of para-hydroxylation sites is 2. The lowest BCUT2D eigenvalue weighted by Crippen LogP contribution is -2.07. The molecular formula is C15H10N6. The van der Waals surface area contributed by atoms with Gasteiger partial charge in [-0.25, -0.2) is 9.97 Å². The molecule has 0 aliphatic heterocycles. The topological polar surface area (TPSA) is 104 Å². The quantitative estimate of drug-likeness (QED) is 0.768. The second kappa shape index (κ2) is 4.95. The SMILES string of the molecule is N#CCc1nc2ccccc2n1-c1ncc(C#N)cc1N. The van der Waals surface area contributed by atoms with Crippen molar-refractivity contribution in [2.24, 2.45) is 0 Å². The first kappa shape index (κ1) is 12.6. The molecule has 1 aromatic carbocycles. The van der Waals surface area contributed by atoms with Crippen molar-refractivity contribution in [1.29, 1.82) is 10.5 Å². The Morgan fingerprint density at radius 3 is 2.76 bits per heavy atom. The Morgan fingerprint density at radius 2 is 2.05 bits per heavy atom. The molecule has 3 aromatic rings. The molecule has 0 aliphatic rings. The number of pyridine rings is 1. The van der Waals surface area contributed by atoms with Crippen LogP contribution in [0.4, 0.5) is 5.69 Å². The number of nitrogens with zero attached hydrogens (tertiary/aromatic N) is 5. The van der Waals surface area contributed by atoms with Crippen molar-refractivity contribution in [2.75, 3.05) is 5.73 Å². The first-order valence-corrected chi connectivity index (χ1v) is 6.24. The van der Waals surface area contributed by atoms with Gasteiger partial charge in [-0.05, 0) is 18.2 Å². The predicted molar refractivity (Wildman–Crippen MR) is 77.3 cm³/mol. The Kier molecular flexibility index (Phi) is 2.98. The van der Waals surface area contributed by atoms with Crippen LogP contribution < -0.4 is 5.73 Å². The lowest BCUT2D eigenvalue weighted by atomic mass is 10.2. The Bertz CT molecular complexity index is 910. The Balaban J connectivity index is 2.31. The van der Waals surface area contributed by atoms with Crippen molar-refractivity contribution in [3.63, 3.8) is 0 Å². The summed E-state index contributed by atoms with van der Waals surface area (Å²) >= 11 is 0. The van der Waals surface area contributed by atoms with E-state index in [2.05, 4.69) is 16.0 Å². The molecule has 0 saturated heterocycles. The maximum Gasteiger partial charge on any atom is 0.162 e. The third-order valence-electron chi connectivity index (χ3n) is 3.10. The number of hydrogen-bond donors (Lipinski definition) is 1. The maximum atomic E-state index is 8.97. The van der Waals surface area contributed by atoms with Crippen molar-refractivity contribution >= 4 is 16.7 Å². The van der Waals surface area contributed by atoms with Gasteiger partial charge in [0.25, 0.3) is 0 Å². The Morgan fingerprint density at radius 1 is 1.24 bits per heavy atom. The molecule has 2 N–H and O–H groups in total. The molecule has 6 nitrogen and oxygen atoms in total. The summed E-state index contributed by atoms with van der Waals surface area (Å²) in [5, 5.41) is 17.9. The number of anilines is 1. The summed E-state index contributed by atoms with van der Waals surface area (Å²) < 4.78 is 1.76. The van der Waals surface area contributed by atoms with Gasteiger partial charge in [-0.2, -0.15) is 10.5 Å². The van der Waals surface area contributed by atoms with Crippen LogP contribution in [0.1, 0.15) is 11.4 Å². The molecule has 0 atom stereocenters. The molecule has 0 fully saturated rings. The highest BCUT2D eigenvalue weighted by Gasteiger charge is 2.15. The highest BCUT2D eigenvalue weighted by Crippen LogP contribution is 2.24. The van der Waals surface area contributed by atoms with Crippen LogP contribution in [0.2, 0.25) is 0 Å². The van der Waals surface area contributed by atoms with E-state index < -0.39 is 0 Å². The number of imidazole rings is 1. The van der Waals surface area contributed by atoms with E-state index >= 15 is 0 Å². The van der Waals surface area contributed by atoms with E-state index in [1.165, 1.54) is 6.20 Å². The molecule has 3 rings (SSSR count). The smallest absolute Gasteiger partial charge is 0.162 e. The number of rotatable bonds is 2. The molecule has 0 spiro atoms. The van der Waals surface area contributed by atoms with Crippen LogP contribution in [-0.2, 0) is 6.42 Å². The minimum atomic E-state index is 0.149. The van der Waals surface area contributed by atoms with Gasteiger partial charge >= 0.3 is 0 Å². The van der Waals surface area contributed by atoms with Crippen LogP contribution in [-0.4, -0.2) is 14.5 Å². The lowest BCUT2D eigenvalue weighted by molar-refractivity contribution is 0.924. The lowest BCUT2D eigenvalue weighted by Gasteiger charge is -2.09. The monoisotopic (exact) mass is 274 g/mol. The molecular weight excluding hydrogens is 264 g/mol. The van der Waals surface area contributed by atoms with Crippen LogP contribution in [0.5, 0.6) is 0 Å². The van der Waals surface area contributed by atoms with E-state index in [0.29, 0.717) is 22.9 Å². The number of nitrogens with two attached hydrogens (primary N) is 1. The normalized spacial score (nSPS) is 10.2. The number of nitriles is 2. The van der Waals surface area contributed by atoms with E-state index in [-0.39, 0.29) is 6.42 Å². The zero-order valence-corrected chi connectivity index (χ0v) is 11.0. The van der Waals surface area contributed by atoms with Gasteiger partial charge in [-0.3, -0.25) is 4.57 Å². The molecule has 0 unspecified atom stereocenters. The van der Waals surface area contributed by atoms with Crippen molar-refractivity contribution in [1.82, 2.24) is 14.5 Å². The van der Waals surface area contributed by atoms with Crippen molar-refractivity contribution < 1.29 is 0 Å². The fourth-order valence-electron chi connectivity index (χ4n) is 2.22. The summed E-state index contributed by atoms with van der Waals surface area (Å²) in [6.07, 6.45) is 1.60. The molecule has 2 aromatic heterocycles. The zero-order valence-electron chi connectivity index (χ0n) is 11.0. The van der Waals surface area contributed by atoms with Crippen molar-refractivity contribution in [2.45, 2.75) is 6.42 Å². The third-order valence-corrected chi connectivity index (χ3v) is 3.10. The fraction of sp³-hybridized carbons (Fsp3) is 0.0667. The first-order valence-electron chi connectivity index (χ1n) is 6.24. The van der Waals surface area contributed by atoms with Gasteiger partial charge in [0.15, 0.2) is 5.82 Å². The van der Waals surface area contributed by atoms with E-state index in [0.717, 1.165) is 11.0 Å². The molecule has 2 heterocycles. The molecule has 0 radical (unpaired) electrons. The van der Waals surface area contributed by atoms with Crippen LogP contribution in [0.3, 0.4) is 0 Å². The number of aromatic nitrogens is 3. The molecule has 0 aliphatic carbocycles. The second-order valence-electron chi connectivity index (χ2n) is 4.44. The fourth-order valence-corrected chi connectivity index (χ4v) is 2.22. The van der Waals surface area contributed by atoms with Gasteiger partial charge in [-0.15, -0.1) is 0 Å². The zero-order chi connectivity index (χ0) is 14.8. The molecule has 0 amide bonds. The van der Waals surface area contributed by atoms with Gasteiger partial charge in [0.2, 0.25) is 0 Å². The van der Waals surface area contributed by atoms with Crippen molar-refractivity contribution in [3.05, 3.63) is 47.9 Å². The number of nitrogen functional groups attached to an aromatic ring is 1. The van der Waals surface area contributed by atoms with Crippen LogP contribution in [0.15, 0.2) is 36.5 Å². The van der Waals surface area contributed by atoms with Crippen LogP contribution in [0, 0.1) is 22.7 Å². The summed E-state index contributed by atoms with van der Waals surface area (Å²) in [6, 6.07) is 13.2. The minimum Gasteiger partial charge on any atom is -0.396 e. The van der Waals surface area contributed by atoms with Gasteiger partial charge in [0.1, 0.15) is 11.9 Å². The molecule has 0 bridgehead atoms. The minimum absolute atomic E-state index is 0.149. The second-order valence-corrected chi connectivity index (χ2v) is 4.44. The number of hydrogen-bond acceptors (Lipinski definition) is 5. The summed E-state index contributed by atoms with van der Waals surface area (Å²) in [7, 11) is 0. The largest absolute Gasteiger partial charge is 0.396 e. The molecule has 100 valence electrons. The van der Waals surface area contributed by atoms with E-state index in [4.69, 9.17) is 16.3 Å². The number of benzene rings is 1. The standard InChI is InChI=1S/C15H10N6/c16-6-5-14-20-12-3-1-2-4-13(12)21(14)15-11(18)7-10(8-17)9-19-15/h1-4,7,9H,5,18H2. The predicted octanol–water partition coefficient (Wildman–Crippen LogP) is 1.94. The first-order chi connectivity index (χ1) is 10.2. The summed E-state index contributed by atoms with van der Waals surface area (Å²) in [6.45, 7) is 0. The summed E-state index contributed by atoms with van der Waals surface area (Å²) in [5.41, 5.74) is 8.36. The summed E-state index contributed by atoms with van der Waals surface area (Å²) in [4.78, 5) is 8.69. The number of fused-ring (bicyclic) bond motifs is 1. The Labute approximate surface area is 120 Å². The van der Waals surface area contributed by atoms with Gasteiger partial charge < -0.3 is 5.73 Å². The van der Waals surface area contributed by atoms with Gasteiger partial charge in [-0.1, -0.05) is 12.1 Å². The third kappa shape index (κ3) is 2.05. The molecule has 0 saturated carbocycles. The Hall–Kier alpha value is -3.38. The highest BCUT2D eigenvalue weighted by atomic mass is 15.1. The van der Waals surface area contributed by atoms with Gasteiger partial charge in [0.05, 0.1) is 34.8 Å². The van der Waals surface area contributed by atoms with Crippen LogP contribution >= 0.6 is 0 Å². The molecule has 6 heteroatoms. The highest BCUT2D eigenvalue weighted by molar-refractivity contribution is 5.79.